The highest BCUT2D eigenvalue weighted by Crippen LogP contribution is 1.96. The molecule has 0 aromatic rings. The Morgan fingerprint density at radius 3 is 3.08 bits per heavy atom. The molecule has 0 radical (unpaired) electrons. The molecule has 0 aliphatic carbocycles. The van der Waals surface area contributed by atoms with Gasteiger partial charge in [-0.05, 0) is 0 Å². The van der Waals surface area contributed by atoms with Gasteiger partial charge in [0.15, 0.2) is 0 Å². The molecule has 1 rings (SSSR count). The van der Waals surface area contributed by atoms with Crippen molar-refractivity contribution in [2.45, 2.75) is 6.42 Å². The molecule has 4 N–H and O–H groups in total. The van der Waals surface area contributed by atoms with Crippen LogP contribution in [0.1, 0.15) is 6.42 Å². The predicted molar refractivity (Wildman–Crippen MR) is 49.9 cm³/mol. The lowest BCUT2D eigenvalue weighted by Gasteiger charge is -2.22. The van der Waals surface area contributed by atoms with E-state index in [1.165, 1.54) is 0 Å². The molecule has 1 aliphatic heterocycles. The molecule has 1 fully saturated rings. The fourth-order valence-corrected chi connectivity index (χ4v) is 1.28. The third-order valence-electron chi connectivity index (χ3n) is 1.95. The number of hydrogen-bond acceptors (Lipinski definition) is 3. The minimum Gasteiger partial charge on any atom is -0.354 e. The van der Waals surface area contributed by atoms with Crippen LogP contribution < -0.4 is 16.6 Å². The van der Waals surface area contributed by atoms with Crippen LogP contribution in [0.4, 0.5) is 0 Å². The first-order chi connectivity index (χ1) is 6.27. The van der Waals surface area contributed by atoms with E-state index in [4.69, 9.17) is 5.84 Å². The molecule has 0 atom stereocenters. The maximum Gasteiger partial charge on any atom is 0.221 e. The molecule has 0 aromatic carbocycles. The number of guanidine groups is 1. The Morgan fingerprint density at radius 1 is 1.69 bits per heavy atom. The van der Waals surface area contributed by atoms with E-state index < -0.39 is 0 Å². The van der Waals surface area contributed by atoms with Gasteiger partial charge < -0.3 is 10.2 Å². The summed E-state index contributed by atoms with van der Waals surface area (Å²) in [6.45, 7) is 2.03. The first-order valence-electron chi connectivity index (χ1n) is 4.23. The summed E-state index contributed by atoms with van der Waals surface area (Å²) in [5, 5.41) is 2.77. The highest BCUT2D eigenvalue weighted by molar-refractivity contribution is 5.81. The molecule has 74 valence electrons. The Hall–Kier alpha value is -1.30. The van der Waals surface area contributed by atoms with Crippen LogP contribution in [0, 0.1) is 0 Å². The topological polar surface area (TPSA) is 82.8 Å². The average molecular weight is 185 g/mol. The molecule has 0 aromatic heterocycles. The van der Waals surface area contributed by atoms with Crippen LogP contribution in [-0.4, -0.2) is 43.4 Å². The summed E-state index contributed by atoms with van der Waals surface area (Å²) < 4.78 is 0. The molecule has 6 heteroatoms. The normalized spacial score (nSPS) is 19.4. The SMILES string of the molecule is CN=C(NN)N1CCNC(=O)CC1. The Bertz CT molecular complexity index is 215. The second-order valence-corrected chi connectivity index (χ2v) is 2.78. The summed E-state index contributed by atoms with van der Waals surface area (Å²) in [5.41, 5.74) is 2.50. The first-order valence-corrected chi connectivity index (χ1v) is 4.23. The van der Waals surface area contributed by atoms with Crippen LogP contribution in [0.5, 0.6) is 0 Å². The van der Waals surface area contributed by atoms with Gasteiger partial charge >= 0.3 is 0 Å². The van der Waals surface area contributed by atoms with Gasteiger partial charge in [0.05, 0.1) is 0 Å². The highest BCUT2D eigenvalue weighted by Gasteiger charge is 2.15. The van der Waals surface area contributed by atoms with E-state index in [1.807, 2.05) is 4.90 Å². The van der Waals surface area contributed by atoms with Crippen LogP contribution in [0.25, 0.3) is 0 Å². The molecule has 0 saturated carbocycles. The van der Waals surface area contributed by atoms with Gasteiger partial charge in [-0.1, -0.05) is 0 Å². The number of rotatable bonds is 0. The maximum atomic E-state index is 11.0. The molecule has 13 heavy (non-hydrogen) atoms. The van der Waals surface area contributed by atoms with E-state index in [-0.39, 0.29) is 5.91 Å². The van der Waals surface area contributed by atoms with Gasteiger partial charge in [-0.15, -0.1) is 0 Å². The number of hydrazine groups is 1. The number of nitrogens with two attached hydrogens (primary N) is 1. The van der Waals surface area contributed by atoms with E-state index in [0.29, 0.717) is 25.5 Å². The highest BCUT2D eigenvalue weighted by atomic mass is 16.1. The lowest BCUT2D eigenvalue weighted by molar-refractivity contribution is -0.120. The quantitative estimate of drug-likeness (QED) is 0.181. The maximum absolute atomic E-state index is 11.0. The van der Waals surface area contributed by atoms with Gasteiger partial charge in [-0.25, -0.2) is 5.84 Å². The number of amides is 1. The lowest BCUT2D eigenvalue weighted by atomic mass is 10.4. The zero-order valence-electron chi connectivity index (χ0n) is 7.71. The molecule has 1 heterocycles. The van der Waals surface area contributed by atoms with E-state index in [1.54, 1.807) is 7.05 Å². The number of nitrogens with one attached hydrogen (secondary N) is 2. The van der Waals surface area contributed by atoms with Crippen LogP contribution in [0.3, 0.4) is 0 Å². The first kappa shape index (κ1) is 9.79. The third kappa shape index (κ3) is 2.59. The summed E-state index contributed by atoms with van der Waals surface area (Å²) in [7, 11) is 1.66. The van der Waals surface area contributed by atoms with Gasteiger partial charge in [0, 0.05) is 33.1 Å². The van der Waals surface area contributed by atoms with E-state index >= 15 is 0 Å². The summed E-state index contributed by atoms with van der Waals surface area (Å²) in [6.07, 6.45) is 0.487. The number of hydrogen-bond donors (Lipinski definition) is 3. The fraction of sp³-hybridized carbons (Fsp3) is 0.714. The van der Waals surface area contributed by atoms with Crippen molar-refractivity contribution in [3.8, 4) is 0 Å². The van der Waals surface area contributed by atoms with Crippen molar-refractivity contribution in [1.29, 1.82) is 0 Å². The smallest absolute Gasteiger partial charge is 0.221 e. The fourth-order valence-electron chi connectivity index (χ4n) is 1.28. The second-order valence-electron chi connectivity index (χ2n) is 2.78. The largest absolute Gasteiger partial charge is 0.354 e. The Balaban J connectivity index is 2.55. The van der Waals surface area contributed by atoms with E-state index in [0.717, 1.165) is 6.54 Å². The minimum absolute atomic E-state index is 0.0787. The zero-order valence-corrected chi connectivity index (χ0v) is 7.71. The van der Waals surface area contributed by atoms with Crippen molar-refractivity contribution >= 4 is 11.9 Å². The molecule has 1 aliphatic rings. The van der Waals surface area contributed by atoms with Crippen molar-refractivity contribution in [1.82, 2.24) is 15.6 Å². The van der Waals surface area contributed by atoms with Gasteiger partial charge in [0.25, 0.3) is 0 Å². The van der Waals surface area contributed by atoms with Crippen molar-refractivity contribution < 1.29 is 4.79 Å². The van der Waals surface area contributed by atoms with Gasteiger partial charge in [0.2, 0.25) is 11.9 Å². The number of aliphatic imine (C=N–C) groups is 1. The number of carbonyl (C=O) groups excluding carboxylic acids is 1. The Morgan fingerprint density at radius 2 is 2.46 bits per heavy atom. The van der Waals surface area contributed by atoms with Crippen LogP contribution >= 0.6 is 0 Å². The Kier molecular flexibility index (Phi) is 3.51. The van der Waals surface area contributed by atoms with Crippen LogP contribution in [0.15, 0.2) is 4.99 Å². The van der Waals surface area contributed by atoms with Gasteiger partial charge in [-0.3, -0.25) is 15.2 Å². The molecule has 1 saturated heterocycles. The minimum atomic E-state index is 0.0787. The molecule has 0 bridgehead atoms. The molecular weight excluding hydrogens is 170 g/mol. The van der Waals surface area contributed by atoms with Crippen molar-refractivity contribution in [2.75, 3.05) is 26.7 Å². The lowest BCUT2D eigenvalue weighted by Crippen LogP contribution is -2.46. The van der Waals surface area contributed by atoms with Gasteiger partial charge in [0.1, 0.15) is 0 Å². The zero-order chi connectivity index (χ0) is 9.68. The van der Waals surface area contributed by atoms with Crippen molar-refractivity contribution in [3.63, 3.8) is 0 Å². The molecule has 0 unspecified atom stereocenters. The standard InChI is InChI=1S/C7H15N5O/c1-9-7(11-8)12-4-2-6(13)10-3-5-12/h2-5,8H2,1H3,(H,9,11)(H,10,13). The van der Waals surface area contributed by atoms with Crippen molar-refractivity contribution in [3.05, 3.63) is 0 Å². The average Bonchev–Trinajstić information content (AvgIpc) is 2.34. The summed E-state index contributed by atoms with van der Waals surface area (Å²) in [6, 6.07) is 0. The van der Waals surface area contributed by atoms with E-state index in [9.17, 15) is 4.79 Å². The second kappa shape index (κ2) is 4.66. The Labute approximate surface area is 77.1 Å². The monoisotopic (exact) mass is 185 g/mol. The predicted octanol–water partition coefficient (Wildman–Crippen LogP) is -1.74. The molecule has 6 nitrogen and oxygen atoms in total. The number of nitrogens with zero attached hydrogens (tertiary/aromatic N) is 2. The molecule has 0 spiro atoms. The van der Waals surface area contributed by atoms with E-state index in [2.05, 4.69) is 15.7 Å². The van der Waals surface area contributed by atoms with Crippen LogP contribution in [0.2, 0.25) is 0 Å². The summed E-state index contributed by atoms with van der Waals surface area (Å²) in [4.78, 5) is 16.9. The third-order valence-corrected chi connectivity index (χ3v) is 1.95. The molecular formula is C7H15N5O. The van der Waals surface area contributed by atoms with Crippen molar-refractivity contribution in [2.24, 2.45) is 10.8 Å². The van der Waals surface area contributed by atoms with Gasteiger partial charge in [-0.2, -0.15) is 0 Å². The summed E-state index contributed by atoms with van der Waals surface area (Å²) in [5.74, 6) is 5.97. The summed E-state index contributed by atoms with van der Waals surface area (Å²) >= 11 is 0. The van der Waals surface area contributed by atoms with Crippen LogP contribution in [-0.2, 0) is 4.79 Å². The number of carbonyl (C=O) groups is 1. The molecule has 1 amide bonds.